The Labute approximate surface area is 135 Å². The average Bonchev–Trinajstić information content (AvgIpc) is 2.51. The number of hydrogen-bond acceptors (Lipinski definition) is 4. The van der Waals surface area contributed by atoms with E-state index in [-0.39, 0.29) is 18.9 Å². The number of ether oxygens (including phenoxy) is 2. The molecule has 0 N–H and O–H groups in total. The van der Waals surface area contributed by atoms with Gasteiger partial charge in [-0.1, -0.05) is 30.8 Å². The molecule has 0 fully saturated rings. The van der Waals surface area contributed by atoms with E-state index in [4.69, 9.17) is 9.47 Å². The van der Waals surface area contributed by atoms with Crippen molar-refractivity contribution >= 4 is 5.69 Å². The topological polar surface area (TPSA) is 61.6 Å². The summed E-state index contributed by atoms with van der Waals surface area (Å²) in [5.41, 5.74) is 2.44. The number of aryl methyl sites for hydroxylation is 2. The van der Waals surface area contributed by atoms with E-state index < -0.39 is 4.92 Å². The van der Waals surface area contributed by atoms with Gasteiger partial charge in [0.2, 0.25) is 0 Å². The third-order valence-electron chi connectivity index (χ3n) is 3.31. The van der Waals surface area contributed by atoms with E-state index in [1.165, 1.54) is 6.07 Å². The van der Waals surface area contributed by atoms with Gasteiger partial charge >= 0.3 is 0 Å². The molecule has 0 bridgehead atoms. The lowest BCUT2D eigenvalue weighted by Gasteiger charge is -2.11. The summed E-state index contributed by atoms with van der Waals surface area (Å²) in [5, 5.41) is 11.1. The highest BCUT2D eigenvalue weighted by molar-refractivity contribution is 5.42. The van der Waals surface area contributed by atoms with E-state index in [1.807, 2.05) is 44.2 Å². The Hall–Kier alpha value is -2.66. The summed E-state index contributed by atoms with van der Waals surface area (Å²) in [4.78, 5) is 10.7. The number of benzene rings is 2. The van der Waals surface area contributed by atoms with E-state index >= 15 is 0 Å². The summed E-state index contributed by atoms with van der Waals surface area (Å²) in [5.74, 6) is 1.18. The summed E-state index contributed by atoms with van der Waals surface area (Å²) >= 11 is 0. The molecule has 0 aliphatic rings. The Bertz CT molecular complexity index is 725. The van der Waals surface area contributed by atoms with Crippen LogP contribution in [0.25, 0.3) is 0 Å². The quantitative estimate of drug-likeness (QED) is 0.434. The molecule has 0 spiro atoms. The summed E-state index contributed by atoms with van der Waals surface area (Å²) in [7, 11) is 0. The number of nitro groups is 1. The van der Waals surface area contributed by atoms with Crippen LogP contribution < -0.4 is 4.74 Å². The molecule has 120 valence electrons. The number of nitrogens with zero attached hydrogens (tertiary/aromatic N) is 1. The van der Waals surface area contributed by atoms with Gasteiger partial charge in [0.1, 0.15) is 18.1 Å². The second-order valence-corrected chi connectivity index (χ2v) is 5.29. The fourth-order valence-corrected chi connectivity index (χ4v) is 2.10. The highest BCUT2D eigenvalue weighted by atomic mass is 16.6. The van der Waals surface area contributed by atoms with Gasteiger partial charge in [-0.25, -0.2) is 0 Å². The molecule has 0 saturated carbocycles. The first-order chi connectivity index (χ1) is 11.0. The SMILES string of the molecule is C=C(COCc1ccc(C)cc1[N+](=O)[O-])Oc1ccccc1C. The van der Waals surface area contributed by atoms with Gasteiger partial charge in [0.15, 0.2) is 0 Å². The molecule has 2 aromatic rings. The van der Waals surface area contributed by atoms with Gasteiger partial charge in [0, 0.05) is 6.07 Å². The summed E-state index contributed by atoms with van der Waals surface area (Å²) in [6.07, 6.45) is 0. The fraction of sp³-hybridized carbons (Fsp3) is 0.222. The molecule has 0 amide bonds. The first-order valence-electron chi connectivity index (χ1n) is 7.20. The van der Waals surface area contributed by atoms with Crippen molar-refractivity contribution < 1.29 is 14.4 Å². The van der Waals surface area contributed by atoms with E-state index in [1.54, 1.807) is 6.07 Å². The maximum atomic E-state index is 11.1. The molecule has 2 rings (SSSR count). The lowest BCUT2D eigenvalue weighted by molar-refractivity contribution is -0.386. The minimum absolute atomic E-state index is 0.0652. The van der Waals surface area contributed by atoms with Crippen molar-refractivity contribution in [2.45, 2.75) is 20.5 Å². The van der Waals surface area contributed by atoms with Gasteiger partial charge in [-0.3, -0.25) is 10.1 Å². The molecular weight excluding hydrogens is 294 g/mol. The van der Waals surface area contributed by atoms with Gasteiger partial charge in [0.25, 0.3) is 5.69 Å². The van der Waals surface area contributed by atoms with Crippen molar-refractivity contribution in [2.24, 2.45) is 0 Å². The lowest BCUT2D eigenvalue weighted by Crippen LogP contribution is -2.05. The minimum atomic E-state index is -0.398. The van der Waals surface area contributed by atoms with Gasteiger partial charge in [-0.2, -0.15) is 0 Å². The number of para-hydroxylation sites is 1. The van der Waals surface area contributed by atoms with Crippen LogP contribution in [-0.2, 0) is 11.3 Å². The van der Waals surface area contributed by atoms with Crippen LogP contribution in [0.15, 0.2) is 54.8 Å². The average molecular weight is 313 g/mol. The van der Waals surface area contributed by atoms with Gasteiger partial charge in [-0.15, -0.1) is 0 Å². The van der Waals surface area contributed by atoms with Crippen molar-refractivity contribution in [2.75, 3.05) is 6.61 Å². The second-order valence-electron chi connectivity index (χ2n) is 5.29. The molecule has 0 saturated heterocycles. The van der Waals surface area contributed by atoms with E-state index in [2.05, 4.69) is 6.58 Å². The Morgan fingerprint density at radius 1 is 1.22 bits per heavy atom. The molecule has 0 aliphatic carbocycles. The normalized spacial score (nSPS) is 10.3. The van der Waals surface area contributed by atoms with Crippen molar-refractivity contribution in [3.63, 3.8) is 0 Å². The Morgan fingerprint density at radius 3 is 2.65 bits per heavy atom. The Balaban J connectivity index is 1.91. The molecule has 0 aromatic heterocycles. The maximum Gasteiger partial charge on any atom is 0.275 e. The third-order valence-corrected chi connectivity index (χ3v) is 3.31. The molecule has 23 heavy (non-hydrogen) atoms. The Morgan fingerprint density at radius 2 is 1.96 bits per heavy atom. The van der Waals surface area contributed by atoms with Crippen molar-refractivity contribution in [1.29, 1.82) is 0 Å². The molecule has 0 unspecified atom stereocenters. The molecule has 2 aromatic carbocycles. The van der Waals surface area contributed by atoms with Crippen LogP contribution >= 0.6 is 0 Å². The van der Waals surface area contributed by atoms with Crippen molar-refractivity contribution in [3.05, 3.63) is 81.6 Å². The standard InChI is InChI=1S/C18H19NO4/c1-13-8-9-16(17(10-13)19(20)21)12-22-11-15(3)23-18-7-5-4-6-14(18)2/h4-10H,3,11-12H2,1-2H3. The zero-order valence-corrected chi connectivity index (χ0v) is 13.2. The monoisotopic (exact) mass is 313 g/mol. The molecular formula is C18H19NO4. The first-order valence-corrected chi connectivity index (χ1v) is 7.20. The molecule has 0 aliphatic heterocycles. The van der Waals surface area contributed by atoms with Crippen LogP contribution in [0.3, 0.4) is 0 Å². The van der Waals surface area contributed by atoms with E-state index in [0.717, 1.165) is 16.9 Å². The predicted molar refractivity (Wildman–Crippen MR) is 88.4 cm³/mol. The molecule has 5 nitrogen and oxygen atoms in total. The number of rotatable bonds is 7. The summed E-state index contributed by atoms with van der Waals surface area (Å²) < 4.78 is 11.1. The molecule has 0 radical (unpaired) electrons. The van der Waals surface area contributed by atoms with E-state index in [9.17, 15) is 10.1 Å². The van der Waals surface area contributed by atoms with Crippen LogP contribution in [-0.4, -0.2) is 11.5 Å². The molecule has 0 heterocycles. The van der Waals surface area contributed by atoms with Crippen LogP contribution in [0.4, 0.5) is 5.69 Å². The first kappa shape index (κ1) is 16.7. The molecule has 0 atom stereocenters. The zero-order valence-electron chi connectivity index (χ0n) is 13.2. The Kier molecular flexibility index (Phi) is 5.49. The fourth-order valence-electron chi connectivity index (χ4n) is 2.10. The lowest BCUT2D eigenvalue weighted by atomic mass is 10.1. The van der Waals surface area contributed by atoms with Crippen molar-refractivity contribution in [1.82, 2.24) is 0 Å². The highest BCUT2D eigenvalue weighted by Crippen LogP contribution is 2.22. The molecule has 5 heteroatoms. The van der Waals surface area contributed by atoms with Crippen LogP contribution in [0, 0.1) is 24.0 Å². The van der Waals surface area contributed by atoms with Crippen molar-refractivity contribution in [3.8, 4) is 5.75 Å². The second kappa shape index (κ2) is 7.56. The maximum absolute atomic E-state index is 11.1. The van der Waals surface area contributed by atoms with Crippen LogP contribution in [0.2, 0.25) is 0 Å². The number of hydrogen-bond donors (Lipinski definition) is 0. The third kappa shape index (κ3) is 4.66. The van der Waals surface area contributed by atoms with Gasteiger partial charge < -0.3 is 9.47 Å². The van der Waals surface area contributed by atoms with Gasteiger partial charge in [-0.05, 0) is 37.1 Å². The minimum Gasteiger partial charge on any atom is -0.460 e. The van der Waals surface area contributed by atoms with E-state index in [0.29, 0.717) is 11.3 Å². The zero-order chi connectivity index (χ0) is 16.8. The number of nitro benzene ring substituents is 1. The van der Waals surface area contributed by atoms with Crippen LogP contribution in [0.1, 0.15) is 16.7 Å². The van der Waals surface area contributed by atoms with Crippen LogP contribution in [0.5, 0.6) is 5.75 Å². The smallest absolute Gasteiger partial charge is 0.275 e. The highest BCUT2D eigenvalue weighted by Gasteiger charge is 2.13. The predicted octanol–water partition coefficient (Wildman–Crippen LogP) is 4.32. The summed E-state index contributed by atoms with van der Waals surface area (Å²) in [6, 6.07) is 12.7. The van der Waals surface area contributed by atoms with Gasteiger partial charge in [0.05, 0.1) is 17.1 Å². The summed E-state index contributed by atoms with van der Waals surface area (Å²) in [6.45, 7) is 7.87. The largest absolute Gasteiger partial charge is 0.460 e.